The zero-order valence-corrected chi connectivity index (χ0v) is 21.9. The molecule has 0 amide bonds. The van der Waals surface area contributed by atoms with Crippen molar-refractivity contribution in [1.82, 2.24) is 20.4 Å². The highest BCUT2D eigenvalue weighted by atomic mass is 32.1. The van der Waals surface area contributed by atoms with Gasteiger partial charge in [0.25, 0.3) is 5.89 Å². The summed E-state index contributed by atoms with van der Waals surface area (Å²) in [6, 6.07) is 25.0. The number of aromatic nitrogens is 2. The highest BCUT2D eigenvalue weighted by Gasteiger charge is 2.34. The van der Waals surface area contributed by atoms with Crippen LogP contribution in [0.25, 0.3) is 17.0 Å². The smallest absolute Gasteiger partial charge is 0.258 e. The second kappa shape index (κ2) is 10.1. The predicted octanol–water partition coefficient (Wildman–Crippen LogP) is 6.78. The number of benzene rings is 3. The molecule has 0 fully saturated rings. The Morgan fingerprint density at radius 1 is 0.944 bits per heavy atom. The molecule has 5 nitrogen and oxygen atoms in total. The van der Waals surface area contributed by atoms with Gasteiger partial charge in [0.1, 0.15) is 0 Å². The van der Waals surface area contributed by atoms with E-state index in [0.717, 1.165) is 28.8 Å². The quantitative estimate of drug-likeness (QED) is 0.298. The summed E-state index contributed by atoms with van der Waals surface area (Å²) >= 11 is 5.88. The molecule has 182 valence electrons. The Labute approximate surface area is 217 Å². The Bertz CT molecular complexity index is 1420. The molecule has 0 saturated carbocycles. The predicted molar refractivity (Wildman–Crippen MR) is 148 cm³/mol. The van der Waals surface area contributed by atoms with Gasteiger partial charge in [-0.1, -0.05) is 90.4 Å². The molecule has 0 saturated heterocycles. The maximum atomic E-state index is 5.88. The second-order valence-corrected chi connectivity index (χ2v) is 9.67. The van der Waals surface area contributed by atoms with E-state index in [2.05, 4.69) is 104 Å². The van der Waals surface area contributed by atoms with Crippen LogP contribution in [0.5, 0.6) is 0 Å². The maximum Gasteiger partial charge on any atom is 0.258 e. The molecule has 5 rings (SSSR count). The van der Waals surface area contributed by atoms with Crippen LogP contribution >= 0.6 is 12.2 Å². The molecule has 0 aliphatic carbocycles. The Morgan fingerprint density at radius 2 is 1.67 bits per heavy atom. The van der Waals surface area contributed by atoms with Gasteiger partial charge in [-0.05, 0) is 61.7 Å². The highest BCUT2D eigenvalue weighted by Crippen LogP contribution is 2.38. The van der Waals surface area contributed by atoms with E-state index >= 15 is 0 Å². The minimum absolute atomic E-state index is 0.192. The summed E-state index contributed by atoms with van der Waals surface area (Å²) in [6.07, 6.45) is 0.992. The molecule has 3 aromatic carbocycles. The maximum absolute atomic E-state index is 5.88. The fourth-order valence-corrected chi connectivity index (χ4v) is 4.87. The molecule has 2 heterocycles. The van der Waals surface area contributed by atoms with E-state index in [4.69, 9.17) is 21.7 Å². The van der Waals surface area contributed by atoms with Crippen LogP contribution < -0.4 is 5.32 Å². The Balaban J connectivity index is 1.59. The first kappa shape index (κ1) is 23.9. The van der Waals surface area contributed by atoms with Gasteiger partial charge in [-0.3, -0.25) is 0 Å². The van der Waals surface area contributed by atoms with Crippen LogP contribution in [-0.2, 0) is 13.0 Å². The van der Waals surface area contributed by atoms with Crippen molar-refractivity contribution in [3.05, 3.63) is 112 Å². The molecular weight excluding hydrogens is 464 g/mol. The molecule has 1 atom stereocenters. The van der Waals surface area contributed by atoms with Gasteiger partial charge in [0.15, 0.2) is 5.11 Å². The van der Waals surface area contributed by atoms with Crippen LogP contribution in [0.15, 0.2) is 83.0 Å². The summed E-state index contributed by atoms with van der Waals surface area (Å²) in [4.78, 5) is 6.96. The topological polar surface area (TPSA) is 54.2 Å². The number of nitrogens with one attached hydrogen (secondary N) is 1. The summed E-state index contributed by atoms with van der Waals surface area (Å²) in [5, 5.41) is 8.57. The number of allylic oxidation sites excluding steroid dienone is 1. The molecule has 36 heavy (non-hydrogen) atoms. The zero-order valence-electron chi connectivity index (χ0n) is 21.1. The third-order valence-corrected chi connectivity index (χ3v) is 7.21. The van der Waals surface area contributed by atoms with Gasteiger partial charge in [0.05, 0.1) is 18.2 Å². The van der Waals surface area contributed by atoms with Crippen molar-refractivity contribution in [1.29, 1.82) is 0 Å². The first-order chi connectivity index (χ1) is 17.4. The first-order valence-electron chi connectivity index (χ1n) is 12.3. The first-order valence-corrected chi connectivity index (χ1v) is 12.7. The number of thiocarbonyl (C=S) groups is 1. The van der Waals surface area contributed by atoms with Gasteiger partial charge >= 0.3 is 0 Å². The summed E-state index contributed by atoms with van der Waals surface area (Å²) in [5.74, 6) is 1.07. The van der Waals surface area contributed by atoms with Gasteiger partial charge in [-0.25, -0.2) is 0 Å². The van der Waals surface area contributed by atoms with E-state index < -0.39 is 0 Å². The van der Waals surface area contributed by atoms with Gasteiger partial charge < -0.3 is 14.7 Å². The largest absolute Gasteiger partial charge is 0.351 e. The van der Waals surface area contributed by atoms with E-state index in [1.54, 1.807) is 0 Å². The van der Waals surface area contributed by atoms with Crippen LogP contribution in [0.3, 0.4) is 0 Å². The van der Waals surface area contributed by atoms with Crippen LogP contribution in [0, 0.1) is 13.8 Å². The molecule has 6 heteroatoms. The zero-order chi connectivity index (χ0) is 25.2. The van der Waals surface area contributed by atoms with Gasteiger partial charge in [0, 0.05) is 11.3 Å². The average Bonchev–Trinajstić information content (AvgIpc) is 3.37. The number of hydrogen-bond donors (Lipinski definition) is 1. The van der Waals surface area contributed by atoms with Crippen LogP contribution in [0.4, 0.5) is 0 Å². The summed E-state index contributed by atoms with van der Waals surface area (Å²) in [6.45, 7) is 9.10. The number of hydrogen-bond acceptors (Lipinski definition) is 4. The minimum Gasteiger partial charge on any atom is -0.351 e. The van der Waals surface area contributed by atoms with E-state index in [0.29, 0.717) is 23.4 Å². The van der Waals surface area contributed by atoms with Gasteiger partial charge in [0.2, 0.25) is 5.82 Å². The molecule has 0 spiro atoms. The van der Waals surface area contributed by atoms with Crippen molar-refractivity contribution in [3.63, 3.8) is 0 Å². The lowest BCUT2D eigenvalue weighted by Crippen LogP contribution is -2.45. The third-order valence-electron chi connectivity index (χ3n) is 6.87. The molecule has 1 aromatic heterocycles. The molecule has 4 aromatic rings. The lowest BCUT2D eigenvalue weighted by molar-refractivity contribution is 0.396. The molecule has 1 aliphatic rings. The lowest BCUT2D eigenvalue weighted by atomic mass is 9.93. The minimum atomic E-state index is -0.192. The van der Waals surface area contributed by atoms with Crippen molar-refractivity contribution < 1.29 is 4.52 Å². The molecule has 0 bridgehead atoms. The molecule has 1 unspecified atom stereocenters. The Kier molecular flexibility index (Phi) is 6.70. The fraction of sp³-hybridized carbons (Fsp3) is 0.233. The second-order valence-electron chi connectivity index (χ2n) is 9.28. The van der Waals surface area contributed by atoms with Gasteiger partial charge in [-0.15, -0.1) is 0 Å². The van der Waals surface area contributed by atoms with E-state index in [1.165, 1.54) is 22.3 Å². The number of rotatable bonds is 6. The average molecular weight is 495 g/mol. The molecule has 1 N–H and O–H groups in total. The standard InChI is InChI=1S/C30H30N4OS/c1-5-22-12-16-23(17-13-22)27-26(29-32-28(33-35-29)24-14-10-19(2)11-15-24)21(4)34(30(36)31-27)18-25-9-7-6-8-20(25)3/h6-17,27H,5,18H2,1-4H3,(H,31,36). The summed E-state index contributed by atoms with van der Waals surface area (Å²) < 4.78 is 5.88. The lowest BCUT2D eigenvalue weighted by Gasteiger charge is -2.37. The Morgan fingerprint density at radius 3 is 2.36 bits per heavy atom. The Hall–Kier alpha value is -3.77. The van der Waals surface area contributed by atoms with Crippen LogP contribution in [0.2, 0.25) is 0 Å². The van der Waals surface area contributed by atoms with Crippen LogP contribution in [-0.4, -0.2) is 20.2 Å². The van der Waals surface area contributed by atoms with E-state index in [1.807, 2.05) is 12.1 Å². The van der Waals surface area contributed by atoms with Crippen molar-refractivity contribution in [3.8, 4) is 11.4 Å². The fourth-order valence-electron chi connectivity index (χ4n) is 4.56. The highest BCUT2D eigenvalue weighted by molar-refractivity contribution is 7.80. The number of nitrogens with zero attached hydrogens (tertiary/aromatic N) is 3. The molecular formula is C30H30N4OS. The van der Waals surface area contributed by atoms with Crippen molar-refractivity contribution in [2.75, 3.05) is 0 Å². The molecule has 1 aliphatic heterocycles. The van der Waals surface area contributed by atoms with Crippen molar-refractivity contribution >= 4 is 22.9 Å². The number of aryl methyl sites for hydroxylation is 3. The normalized spacial score (nSPS) is 15.8. The van der Waals surface area contributed by atoms with Crippen LogP contribution in [0.1, 0.15) is 53.6 Å². The van der Waals surface area contributed by atoms with E-state index in [-0.39, 0.29) is 6.04 Å². The third kappa shape index (κ3) is 4.69. The monoisotopic (exact) mass is 494 g/mol. The van der Waals surface area contributed by atoms with Crippen molar-refractivity contribution in [2.24, 2.45) is 0 Å². The SMILES string of the molecule is CCc1ccc(C2NC(=S)N(Cc3ccccc3C)C(C)=C2c2nc(-c3ccc(C)cc3)no2)cc1. The van der Waals surface area contributed by atoms with E-state index in [9.17, 15) is 0 Å². The van der Waals surface area contributed by atoms with Crippen molar-refractivity contribution in [2.45, 2.75) is 46.7 Å². The van der Waals surface area contributed by atoms with Gasteiger partial charge in [-0.2, -0.15) is 4.98 Å². The summed E-state index contributed by atoms with van der Waals surface area (Å²) in [5.41, 5.74) is 8.90. The molecule has 0 radical (unpaired) electrons. The summed E-state index contributed by atoms with van der Waals surface area (Å²) in [7, 11) is 0.